The molecule has 0 rings (SSSR count). The molecule has 0 radical (unpaired) electrons. The van der Waals surface area contributed by atoms with Gasteiger partial charge in [0.2, 0.25) is 5.91 Å². The Morgan fingerprint density at radius 1 is 1.31 bits per heavy atom. The fourth-order valence-corrected chi connectivity index (χ4v) is 1.38. The van der Waals surface area contributed by atoms with Crippen LogP contribution >= 0.6 is 0 Å². The highest BCUT2D eigenvalue weighted by atomic mass is 16.4. The van der Waals surface area contributed by atoms with Gasteiger partial charge in [-0.15, -0.1) is 0 Å². The predicted molar refractivity (Wildman–Crippen MR) is 63.1 cm³/mol. The summed E-state index contributed by atoms with van der Waals surface area (Å²) in [5.41, 5.74) is -0.0586. The number of amides is 1. The van der Waals surface area contributed by atoms with Crippen LogP contribution in [0.25, 0.3) is 0 Å². The Morgan fingerprint density at radius 2 is 1.81 bits per heavy atom. The smallest absolute Gasteiger partial charge is 0.308 e. The van der Waals surface area contributed by atoms with E-state index >= 15 is 0 Å². The summed E-state index contributed by atoms with van der Waals surface area (Å²) in [7, 11) is 0. The van der Waals surface area contributed by atoms with Crippen molar-refractivity contribution in [3.63, 3.8) is 0 Å². The standard InChI is InChI=1S/C12H23NO3/c1-6-13(8-9(2)11(15)16)10(14)7-12(3,4)5/h9H,6-8H2,1-5H3,(H,15,16). The minimum atomic E-state index is -0.859. The minimum Gasteiger partial charge on any atom is -0.481 e. The SMILES string of the molecule is CCN(CC(C)C(=O)O)C(=O)CC(C)(C)C. The number of hydrogen-bond donors (Lipinski definition) is 1. The maximum atomic E-state index is 11.9. The fourth-order valence-electron chi connectivity index (χ4n) is 1.38. The Labute approximate surface area is 97.6 Å². The summed E-state index contributed by atoms with van der Waals surface area (Å²) >= 11 is 0. The average molecular weight is 229 g/mol. The van der Waals surface area contributed by atoms with Gasteiger partial charge < -0.3 is 10.0 Å². The Kier molecular flexibility index (Phi) is 5.48. The molecule has 0 aliphatic rings. The number of aliphatic carboxylic acids is 1. The molecule has 0 aromatic rings. The van der Waals surface area contributed by atoms with Crippen LogP contribution in [0.15, 0.2) is 0 Å². The Hall–Kier alpha value is -1.06. The second-order valence-corrected chi connectivity index (χ2v) is 5.41. The van der Waals surface area contributed by atoms with Crippen LogP contribution in [-0.2, 0) is 9.59 Å². The Morgan fingerprint density at radius 3 is 2.12 bits per heavy atom. The molecule has 1 amide bonds. The third-order valence-electron chi connectivity index (χ3n) is 2.33. The zero-order valence-corrected chi connectivity index (χ0v) is 10.9. The predicted octanol–water partition coefficient (Wildman–Crippen LogP) is 1.99. The molecule has 16 heavy (non-hydrogen) atoms. The first-order valence-electron chi connectivity index (χ1n) is 5.68. The van der Waals surface area contributed by atoms with Crippen LogP contribution in [0, 0.1) is 11.3 Å². The van der Waals surface area contributed by atoms with E-state index in [0.717, 1.165) is 0 Å². The van der Waals surface area contributed by atoms with E-state index in [-0.39, 0.29) is 11.3 Å². The summed E-state index contributed by atoms with van der Waals surface area (Å²) in [5, 5.41) is 8.80. The molecular formula is C12H23NO3. The molecule has 0 aliphatic carbocycles. The van der Waals surface area contributed by atoms with Gasteiger partial charge >= 0.3 is 5.97 Å². The van der Waals surface area contributed by atoms with Gasteiger partial charge in [-0.05, 0) is 12.3 Å². The van der Waals surface area contributed by atoms with E-state index in [2.05, 4.69) is 0 Å². The third kappa shape index (κ3) is 5.73. The van der Waals surface area contributed by atoms with Crippen LogP contribution in [0.1, 0.15) is 41.0 Å². The normalized spacial score (nSPS) is 13.3. The van der Waals surface area contributed by atoms with E-state index in [1.807, 2.05) is 27.7 Å². The second kappa shape index (κ2) is 5.87. The summed E-state index contributed by atoms with van der Waals surface area (Å²) in [6.45, 7) is 10.3. The minimum absolute atomic E-state index is 0.0306. The summed E-state index contributed by atoms with van der Waals surface area (Å²) in [5.74, 6) is -1.34. The van der Waals surface area contributed by atoms with Gasteiger partial charge in [0.1, 0.15) is 0 Å². The summed E-state index contributed by atoms with van der Waals surface area (Å²) < 4.78 is 0. The van der Waals surface area contributed by atoms with Crippen molar-refractivity contribution >= 4 is 11.9 Å². The van der Waals surface area contributed by atoms with E-state index in [0.29, 0.717) is 19.5 Å². The topological polar surface area (TPSA) is 57.6 Å². The molecule has 1 N–H and O–H groups in total. The van der Waals surface area contributed by atoms with Crippen molar-refractivity contribution in [2.75, 3.05) is 13.1 Å². The van der Waals surface area contributed by atoms with Crippen molar-refractivity contribution in [1.82, 2.24) is 4.90 Å². The number of carbonyl (C=O) groups is 2. The highest BCUT2D eigenvalue weighted by Gasteiger charge is 2.23. The van der Waals surface area contributed by atoms with Crippen molar-refractivity contribution < 1.29 is 14.7 Å². The highest BCUT2D eigenvalue weighted by Crippen LogP contribution is 2.20. The van der Waals surface area contributed by atoms with Crippen molar-refractivity contribution in [2.45, 2.75) is 41.0 Å². The van der Waals surface area contributed by atoms with Crippen molar-refractivity contribution in [1.29, 1.82) is 0 Å². The van der Waals surface area contributed by atoms with Crippen molar-refractivity contribution in [3.05, 3.63) is 0 Å². The van der Waals surface area contributed by atoms with Gasteiger partial charge in [0.05, 0.1) is 5.92 Å². The highest BCUT2D eigenvalue weighted by molar-refractivity contribution is 5.78. The number of nitrogens with zero attached hydrogens (tertiary/aromatic N) is 1. The van der Waals surface area contributed by atoms with Gasteiger partial charge in [-0.25, -0.2) is 0 Å². The van der Waals surface area contributed by atoms with E-state index < -0.39 is 11.9 Å². The fraction of sp³-hybridized carbons (Fsp3) is 0.833. The van der Waals surface area contributed by atoms with Gasteiger partial charge in [-0.3, -0.25) is 9.59 Å². The zero-order chi connectivity index (χ0) is 12.9. The number of carbonyl (C=O) groups excluding carboxylic acids is 1. The molecule has 94 valence electrons. The summed E-state index contributed by atoms with van der Waals surface area (Å²) in [6, 6.07) is 0. The maximum absolute atomic E-state index is 11.9. The summed E-state index contributed by atoms with van der Waals surface area (Å²) in [4.78, 5) is 24.2. The van der Waals surface area contributed by atoms with Crippen LogP contribution in [-0.4, -0.2) is 35.0 Å². The largest absolute Gasteiger partial charge is 0.481 e. The van der Waals surface area contributed by atoms with Gasteiger partial charge in [0, 0.05) is 19.5 Å². The molecule has 0 saturated heterocycles. The molecule has 0 aromatic carbocycles. The molecular weight excluding hydrogens is 206 g/mol. The van der Waals surface area contributed by atoms with Gasteiger partial charge in [-0.1, -0.05) is 27.7 Å². The van der Waals surface area contributed by atoms with Crippen LogP contribution < -0.4 is 0 Å². The lowest BCUT2D eigenvalue weighted by molar-refractivity contribution is -0.143. The third-order valence-corrected chi connectivity index (χ3v) is 2.33. The maximum Gasteiger partial charge on any atom is 0.308 e. The van der Waals surface area contributed by atoms with E-state index in [4.69, 9.17) is 5.11 Å². The molecule has 0 heterocycles. The number of hydrogen-bond acceptors (Lipinski definition) is 2. The number of rotatable bonds is 5. The average Bonchev–Trinajstić information content (AvgIpc) is 2.10. The molecule has 0 fully saturated rings. The molecule has 0 saturated carbocycles. The lowest BCUT2D eigenvalue weighted by Crippen LogP contribution is -2.38. The first-order chi connectivity index (χ1) is 7.17. The zero-order valence-electron chi connectivity index (χ0n) is 10.9. The van der Waals surface area contributed by atoms with Crippen LogP contribution in [0.5, 0.6) is 0 Å². The molecule has 1 atom stereocenters. The molecule has 0 bridgehead atoms. The van der Waals surface area contributed by atoms with E-state index in [1.165, 1.54) is 0 Å². The van der Waals surface area contributed by atoms with E-state index in [1.54, 1.807) is 11.8 Å². The Balaban J connectivity index is 4.39. The first-order valence-corrected chi connectivity index (χ1v) is 5.68. The van der Waals surface area contributed by atoms with Crippen molar-refractivity contribution in [2.24, 2.45) is 11.3 Å². The van der Waals surface area contributed by atoms with Crippen LogP contribution in [0.3, 0.4) is 0 Å². The Bertz CT molecular complexity index is 255. The van der Waals surface area contributed by atoms with Crippen LogP contribution in [0.4, 0.5) is 0 Å². The first kappa shape index (κ1) is 14.9. The molecule has 0 spiro atoms. The van der Waals surface area contributed by atoms with Crippen molar-refractivity contribution in [3.8, 4) is 0 Å². The lowest BCUT2D eigenvalue weighted by Gasteiger charge is -2.26. The van der Waals surface area contributed by atoms with E-state index in [9.17, 15) is 9.59 Å². The monoisotopic (exact) mass is 229 g/mol. The van der Waals surface area contributed by atoms with Crippen LogP contribution in [0.2, 0.25) is 0 Å². The second-order valence-electron chi connectivity index (χ2n) is 5.41. The lowest BCUT2D eigenvalue weighted by atomic mass is 9.91. The molecule has 4 heteroatoms. The molecule has 0 aliphatic heterocycles. The van der Waals surface area contributed by atoms with Gasteiger partial charge in [0.15, 0.2) is 0 Å². The molecule has 1 unspecified atom stereocenters. The number of carboxylic acids is 1. The number of carboxylic acid groups (broad SMARTS) is 1. The molecule has 0 aromatic heterocycles. The van der Waals surface area contributed by atoms with Gasteiger partial charge in [0.25, 0.3) is 0 Å². The van der Waals surface area contributed by atoms with Gasteiger partial charge in [-0.2, -0.15) is 0 Å². The quantitative estimate of drug-likeness (QED) is 0.784. The molecule has 4 nitrogen and oxygen atoms in total. The summed E-state index contributed by atoms with van der Waals surface area (Å²) in [6.07, 6.45) is 0.452.